The number of amides is 1. The van der Waals surface area contributed by atoms with E-state index in [0.29, 0.717) is 21.4 Å². The molecule has 168 valence electrons. The average Bonchev–Trinajstić information content (AvgIpc) is 3.38. The normalized spacial score (nSPS) is 14.5. The first-order valence-corrected chi connectivity index (χ1v) is 13.1. The first-order chi connectivity index (χ1) is 15.2. The lowest BCUT2D eigenvalue weighted by Crippen LogP contribution is -2.20. The van der Waals surface area contributed by atoms with Gasteiger partial charge in [-0.1, -0.05) is 54.0 Å². The molecule has 4 rings (SSSR count). The molecule has 2 N–H and O–H groups in total. The van der Waals surface area contributed by atoms with Crippen molar-refractivity contribution in [2.75, 3.05) is 10.0 Å². The highest BCUT2D eigenvalue weighted by molar-refractivity contribution is 7.92. The predicted octanol–water partition coefficient (Wildman–Crippen LogP) is 6.01. The Balaban J connectivity index is 1.61. The number of carbonyl (C=O) groups excluding carboxylic acids is 1. The fourth-order valence-electron chi connectivity index (χ4n) is 3.91. The molecule has 1 aliphatic carbocycles. The zero-order valence-corrected chi connectivity index (χ0v) is 20.2. The molecular weight excluding hydrogens is 466 g/mol. The van der Waals surface area contributed by atoms with Gasteiger partial charge in [0, 0.05) is 10.9 Å². The van der Waals surface area contributed by atoms with Crippen LogP contribution in [0.1, 0.15) is 36.9 Å². The molecule has 0 aliphatic heterocycles. The highest BCUT2D eigenvalue weighted by Gasteiger charge is 2.24. The number of anilines is 2. The van der Waals surface area contributed by atoms with Crippen LogP contribution in [-0.2, 0) is 14.8 Å². The molecule has 1 saturated carbocycles. The molecule has 1 fully saturated rings. The van der Waals surface area contributed by atoms with E-state index in [-0.39, 0.29) is 16.7 Å². The van der Waals surface area contributed by atoms with E-state index >= 15 is 0 Å². The van der Waals surface area contributed by atoms with Crippen LogP contribution in [0.3, 0.4) is 0 Å². The van der Waals surface area contributed by atoms with E-state index < -0.39 is 10.0 Å². The maximum atomic E-state index is 13.1. The molecule has 1 aromatic heterocycles. The molecule has 0 saturated heterocycles. The number of carbonyl (C=O) groups is 1. The minimum Gasteiger partial charge on any atom is -0.302 e. The summed E-state index contributed by atoms with van der Waals surface area (Å²) in [6.45, 7) is 3.61. The highest BCUT2D eigenvalue weighted by Crippen LogP contribution is 2.36. The van der Waals surface area contributed by atoms with E-state index in [0.717, 1.165) is 41.8 Å². The van der Waals surface area contributed by atoms with Gasteiger partial charge in [0.05, 0.1) is 21.2 Å². The molecule has 6 nitrogen and oxygen atoms in total. The monoisotopic (exact) mass is 489 g/mol. The number of benzene rings is 2. The van der Waals surface area contributed by atoms with Gasteiger partial charge in [0.1, 0.15) is 0 Å². The first-order valence-electron chi connectivity index (χ1n) is 10.4. The zero-order chi connectivity index (χ0) is 22.9. The minimum atomic E-state index is -3.82. The van der Waals surface area contributed by atoms with Gasteiger partial charge >= 0.3 is 0 Å². The van der Waals surface area contributed by atoms with Gasteiger partial charge in [-0.05, 0) is 62.1 Å². The van der Waals surface area contributed by atoms with Crippen LogP contribution < -0.4 is 10.0 Å². The van der Waals surface area contributed by atoms with Gasteiger partial charge in [-0.3, -0.25) is 9.52 Å². The Morgan fingerprint density at radius 1 is 1.12 bits per heavy atom. The van der Waals surface area contributed by atoms with Crippen LogP contribution in [0.25, 0.3) is 10.4 Å². The minimum absolute atomic E-state index is 0.0145. The summed E-state index contributed by atoms with van der Waals surface area (Å²) in [4.78, 5) is 18.0. The fourth-order valence-corrected chi connectivity index (χ4v) is 6.38. The topological polar surface area (TPSA) is 88.2 Å². The van der Waals surface area contributed by atoms with Crippen LogP contribution in [0.4, 0.5) is 10.8 Å². The van der Waals surface area contributed by atoms with Crippen molar-refractivity contribution in [3.05, 3.63) is 58.7 Å². The Morgan fingerprint density at radius 2 is 1.88 bits per heavy atom. The lowest BCUT2D eigenvalue weighted by atomic mass is 10.1. The van der Waals surface area contributed by atoms with Crippen LogP contribution in [0.15, 0.2) is 47.4 Å². The summed E-state index contributed by atoms with van der Waals surface area (Å²) in [5.74, 6) is 0.0667. The van der Waals surface area contributed by atoms with E-state index in [1.54, 1.807) is 43.3 Å². The number of thiazole rings is 1. The Hall–Kier alpha value is -2.42. The second-order valence-corrected chi connectivity index (χ2v) is 11.1. The summed E-state index contributed by atoms with van der Waals surface area (Å²) in [7, 11) is -3.82. The fraction of sp³-hybridized carbons (Fsp3) is 0.304. The van der Waals surface area contributed by atoms with Gasteiger partial charge in [0.2, 0.25) is 5.91 Å². The van der Waals surface area contributed by atoms with Crippen LogP contribution in [0.2, 0.25) is 5.02 Å². The molecule has 32 heavy (non-hydrogen) atoms. The van der Waals surface area contributed by atoms with E-state index in [1.165, 1.54) is 11.3 Å². The summed E-state index contributed by atoms with van der Waals surface area (Å²) >= 11 is 7.34. The summed E-state index contributed by atoms with van der Waals surface area (Å²) in [6, 6.07) is 11.9. The zero-order valence-electron chi connectivity index (χ0n) is 17.8. The lowest BCUT2D eigenvalue weighted by molar-refractivity contribution is -0.119. The third-order valence-electron chi connectivity index (χ3n) is 5.57. The van der Waals surface area contributed by atoms with E-state index in [1.807, 2.05) is 13.0 Å². The van der Waals surface area contributed by atoms with Gasteiger partial charge in [0.25, 0.3) is 10.0 Å². The van der Waals surface area contributed by atoms with Crippen LogP contribution in [0, 0.1) is 19.8 Å². The van der Waals surface area contributed by atoms with Gasteiger partial charge in [-0.15, -0.1) is 0 Å². The van der Waals surface area contributed by atoms with Crippen molar-refractivity contribution in [3.8, 4) is 10.4 Å². The molecule has 0 bridgehead atoms. The summed E-state index contributed by atoms with van der Waals surface area (Å²) < 4.78 is 28.7. The van der Waals surface area contributed by atoms with Gasteiger partial charge in [-0.2, -0.15) is 0 Å². The predicted molar refractivity (Wildman–Crippen MR) is 130 cm³/mol. The van der Waals surface area contributed by atoms with Crippen molar-refractivity contribution in [1.29, 1.82) is 0 Å². The van der Waals surface area contributed by atoms with E-state index in [9.17, 15) is 13.2 Å². The van der Waals surface area contributed by atoms with Crippen molar-refractivity contribution < 1.29 is 13.2 Å². The highest BCUT2D eigenvalue weighted by atomic mass is 35.5. The number of hydrogen-bond acceptors (Lipinski definition) is 5. The van der Waals surface area contributed by atoms with Crippen LogP contribution in [0.5, 0.6) is 0 Å². The largest absolute Gasteiger partial charge is 0.302 e. The molecule has 0 spiro atoms. The van der Waals surface area contributed by atoms with Crippen LogP contribution >= 0.6 is 22.9 Å². The molecule has 0 unspecified atom stereocenters. The second-order valence-electron chi connectivity index (χ2n) is 8.00. The molecule has 3 aromatic rings. The third-order valence-corrected chi connectivity index (χ3v) is 8.45. The number of sulfonamides is 1. The van der Waals surface area contributed by atoms with E-state index in [4.69, 9.17) is 11.6 Å². The number of nitrogens with zero attached hydrogens (tertiary/aromatic N) is 1. The van der Waals surface area contributed by atoms with Crippen molar-refractivity contribution in [3.63, 3.8) is 0 Å². The van der Waals surface area contributed by atoms with Crippen molar-refractivity contribution in [2.45, 2.75) is 44.4 Å². The van der Waals surface area contributed by atoms with Crippen LogP contribution in [-0.4, -0.2) is 19.3 Å². The first kappa shape index (κ1) is 22.8. The lowest BCUT2D eigenvalue weighted by Gasteiger charge is -2.12. The Kier molecular flexibility index (Phi) is 6.55. The molecule has 9 heteroatoms. The molecular formula is C23H24ClN3O3S2. The van der Waals surface area contributed by atoms with Crippen molar-refractivity contribution in [1.82, 2.24) is 4.98 Å². The molecule has 1 heterocycles. The summed E-state index contributed by atoms with van der Waals surface area (Å²) in [5.41, 5.74) is 2.50. The summed E-state index contributed by atoms with van der Waals surface area (Å²) in [6.07, 6.45) is 4.01. The van der Waals surface area contributed by atoms with Crippen molar-refractivity contribution >= 4 is 49.7 Å². The molecule has 1 aliphatic rings. The quantitative estimate of drug-likeness (QED) is 0.443. The maximum Gasteiger partial charge on any atom is 0.262 e. The summed E-state index contributed by atoms with van der Waals surface area (Å²) in [5, 5.41) is 3.92. The van der Waals surface area contributed by atoms with Gasteiger partial charge in [-0.25, -0.2) is 13.4 Å². The second kappa shape index (κ2) is 9.21. The molecule has 0 radical (unpaired) electrons. The van der Waals surface area contributed by atoms with Gasteiger partial charge in [0.15, 0.2) is 5.13 Å². The SMILES string of the molecule is Cc1ccc(-c2sc(NC(=O)C3CCCC3)nc2C)cc1S(=O)(=O)Nc1cccc(Cl)c1. The number of halogens is 1. The Morgan fingerprint density at radius 3 is 2.59 bits per heavy atom. The standard InChI is InChI=1S/C23H24ClN3O3S2/c1-14-10-11-17(12-20(14)32(29,30)27-19-9-5-8-18(24)13-19)21-15(2)25-23(31-21)26-22(28)16-6-3-4-7-16/h5,8-13,16,27H,3-4,6-7H2,1-2H3,(H,25,26,28). The average molecular weight is 490 g/mol. The van der Waals surface area contributed by atoms with Gasteiger partial charge < -0.3 is 5.32 Å². The molecule has 1 amide bonds. The number of aryl methyl sites for hydroxylation is 2. The maximum absolute atomic E-state index is 13.1. The number of aromatic nitrogens is 1. The number of hydrogen-bond donors (Lipinski definition) is 2. The number of rotatable bonds is 6. The smallest absolute Gasteiger partial charge is 0.262 e. The Labute approximate surface area is 197 Å². The number of nitrogens with one attached hydrogen (secondary N) is 2. The molecule has 0 atom stereocenters. The third kappa shape index (κ3) is 4.98. The van der Waals surface area contributed by atoms with E-state index in [2.05, 4.69) is 15.0 Å². The Bertz CT molecular complexity index is 1270. The van der Waals surface area contributed by atoms with Crippen molar-refractivity contribution in [2.24, 2.45) is 5.92 Å². The molecule has 2 aromatic carbocycles.